The van der Waals surface area contributed by atoms with Gasteiger partial charge in [0.2, 0.25) is 5.91 Å². The molecule has 1 aliphatic carbocycles. The van der Waals surface area contributed by atoms with Gasteiger partial charge < -0.3 is 10.2 Å². The van der Waals surface area contributed by atoms with Crippen LogP contribution < -0.4 is 10.2 Å². The van der Waals surface area contributed by atoms with Crippen molar-refractivity contribution < 1.29 is 4.79 Å². The third kappa shape index (κ3) is 4.66. The van der Waals surface area contributed by atoms with Crippen LogP contribution in [0.4, 0.5) is 5.82 Å². The normalized spacial score (nSPS) is 21.1. The highest BCUT2D eigenvalue weighted by molar-refractivity contribution is 5.79. The van der Waals surface area contributed by atoms with Gasteiger partial charge in [0.05, 0.1) is 11.6 Å². The van der Waals surface area contributed by atoms with Gasteiger partial charge in [0, 0.05) is 37.1 Å². The summed E-state index contributed by atoms with van der Waals surface area (Å²) in [4.78, 5) is 19.1. The van der Waals surface area contributed by atoms with Crippen molar-refractivity contribution in [3.8, 4) is 11.3 Å². The summed E-state index contributed by atoms with van der Waals surface area (Å²) in [5.41, 5.74) is 1.78. The van der Waals surface area contributed by atoms with Crippen molar-refractivity contribution in [3.05, 3.63) is 36.7 Å². The molecule has 6 heteroatoms. The Balaban J connectivity index is 1.37. The maximum Gasteiger partial charge on any atom is 0.225 e. The van der Waals surface area contributed by atoms with Gasteiger partial charge in [0.15, 0.2) is 5.82 Å². The first-order chi connectivity index (χ1) is 13.8. The lowest BCUT2D eigenvalue weighted by atomic mass is 9.96. The number of rotatable bonds is 4. The zero-order valence-corrected chi connectivity index (χ0v) is 16.4. The van der Waals surface area contributed by atoms with Gasteiger partial charge in [0.1, 0.15) is 0 Å². The lowest BCUT2D eigenvalue weighted by Gasteiger charge is -2.33. The highest BCUT2D eigenvalue weighted by atomic mass is 16.2. The van der Waals surface area contributed by atoms with Gasteiger partial charge >= 0.3 is 0 Å². The van der Waals surface area contributed by atoms with E-state index in [4.69, 9.17) is 0 Å². The number of hydrogen-bond acceptors (Lipinski definition) is 5. The van der Waals surface area contributed by atoms with Crippen LogP contribution in [0.25, 0.3) is 11.3 Å². The van der Waals surface area contributed by atoms with E-state index in [1.165, 1.54) is 25.7 Å². The first-order valence-corrected chi connectivity index (χ1v) is 10.6. The van der Waals surface area contributed by atoms with Crippen LogP contribution in [0.15, 0.2) is 36.7 Å². The summed E-state index contributed by atoms with van der Waals surface area (Å²) in [7, 11) is 0. The molecule has 2 fully saturated rings. The summed E-state index contributed by atoms with van der Waals surface area (Å²) in [5.74, 6) is 1.10. The van der Waals surface area contributed by atoms with Crippen molar-refractivity contribution in [2.24, 2.45) is 5.92 Å². The van der Waals surface area contributed by atoms with E-state index in [0.717, 1.165) is 55.8 Å². The lowest BCUT2D eigenvalue weighted by molar-refractivity contribution is -0.126. The van der Waals surface area contributed by atoms with Gasteiger partial charge in [-0.3, -0.25) is 9.78 Å². The Hall–Kier alpha value is -2.50. The third-order valence-corrected chi connectivity index (χ3v) is 5.93. The molecule has 1 aliphatic heterocycles. The molecule has 148 valence electrons. The molecule has 1 unspecified atom stereocenters. The predicted molar refractivity (Wildman–Crippen MR) is 110 cm³/mol. The number of carbonyl (C=O) groups is 1. The van der Waals surface area contributed by atoms with Crippen LogP contribution in [0.2, 0.25) is 0 Å². The number of nitrogens with zero attached hydrogens (tertiary/aromatic N) is 4. The molecule has 2 aromatic heterocycles. The Morgan fingerprint density at radius 2 is 1.86 bits per heavy atom. The van der Waals surface area contributed by atoms with E-state index in [1.807, 2.05) is 24.3 Å². The third-order valence-electron chi connectivity index (χ3n) is 5.93. The van der Waals surface area contributed by atoms with E-state index in [0.29, 0.717) is 6.04 Å². The number of anilines is 1. The summed E-state index contributed by atoms with van der Waals surface area (Å²) in [6.45, 7) is 1.65. The van der Waals surface area contributed by atoms with Gasteiger partial charge in [-0.1, -0.05) is 25.7 Å². The van der Waals surface area contributed by atoms with Crippen molar-refractivity contribution in [2.45, 2.75) is 57.4 Å². The maximum atomic E-state index is 12.8. The van der Waals surface area contributed by atoms with E-state index < -0.39 is 0 Å². The molecule has 1 amide bonds. The minimum absolute atomic E-state index is 0.0387. The number of carbonyl (C=O) groups excluding carboxylic acids is 1. The van der Waals surface area contributed by atoms with Gasteiger partial charge in [0.25, 0.3) is 0 Å². The first kappa shape index (κ1) is 18.8. The topological polar surface area (TPSA) is 71.0 Å². The molecule has 2 aliphatic rings. The average molecular weight is 380 g/mol. The Kier molecular flexibility index (Phi) is 6.14. The van der Waals surface area contributed by atoms with Gasteiger partial charge in [-0.05, 0) is 49.9 Å². The van der Waals surface area contributed by atoms with Crippen LogP contribution in [-0.2, 0) is 4.79 Å². The predicted octanol–water partition coefficient (Wildman–Crippen LogP) is 3.59. The molecule has 28 heavy (non-hydrogen) atoms. The second kappa shape index (κ2) is 9.13. The number of nitrogens with one attached hydrogen (secondary N) is 1. The summed E-state index contributed by atoms with van der Waals surface area (Å²) in [6.07, 6.45) is 12.8. The Labute approximate surface area is 166 Å². The molecular formula is C22H29N5O. The first-order valence-electron chi connectivity index (χ1n) is 10.6. The largest absolute Gasteiger partial charge is 0.354 e. The van der Waals surface area contributed by atoms with Crippen molar-refractivity contribution in [2.75, 3.05) is 18.0 Å². The monoisotopic (exact) mass is 379 g/mol. The fourth-order valence-corrected chi connectivity index (χ4v) is 4.30. The fraction of sp³-hybridized carbons (Fsp3) is 0.545. The summed E-state index contributed by atoms with van der Waals surface area (Å²) in [6, 6.07) is 8.22. The molecule has 1 saturated heterocycles. The molecule has 1 N–H and O–H groups in total. The Morgan fingerprint density at radius 1 is 1.00 bits per heavy atom. The van der Waals surface area contributed by atoms with Crippen molar-refractivity contribution >= 4 is 11.7 Å². The maximum absolute atomic E-state index is 12.8. The number of amides is 1. The van der Waals surface area contributed by atoms with Gasteiger partial charge in [-0.15, -0.1) is 10.2 Å². The molecule has 0 spiro atoms. The van der Waals surface area contributed by atoms with Crippen LogP contribution in [0, 0.1) is 5.92 Å². The molecule has 0 bridgehead atoms. The summed E-state index contributed by atoms with van der Waals surface area (Å²) in [5, 5.41) is 12.1. The highest BCUT2D eigenvalue weighted by Crippen LogP contribution is 2.24. The van der Waals surface area contributed by atoms with E-state index in [9.17, 15) is 4.79 Å². The fourth-order valence-electron chi connectivity index (χ4n) is 4.30. The number of piperidine rings is 1. The molecule has 4 rings (SSSR count). The highest BCUT2D eigenvalue weighted by Gasteiger charge is 2.28. The van der Waals surface area contributed by atoms with Crippen LogP contribution in [0.5, 0.6) is 0 Å². The minimum atomic E-state index is 0.0387. The Morgan fingerprint density at radius 3 is 2.57 bits per heavy atom. The van der Waals surface area contributed by atoms with Crippen molar-refractivity contribution in [1.29, 1.82) is 0 Å². The summed E-state index contributed by atoms with van der Waals surface area (Å²) >= 11 is 0. The van der Waals surface area contributed by atoms with E-state index in [2.05, 4.69) is 25.4 Å². The quantitative estimate of drug-likeness (QED) is 0.822. The Bertz CT molecular complexity index is 756. The SMILES string of the molecule is O=C(NC1CCCCCC1)C1CCCN(c2ccc(-c3cccnc3)nn2)C1. The van der Waals surface area contributed by atoms with E-state index in [-0.39, 0.29) is 11.8 Å². The van der Waals surface area contributed by atoms with Crippen LogP contribution in [0.1, 0.15) is 51.4 Å². The van der Waals surface area contributed by atoms with E-state index in [1.54, 1.807) is 12.4 Å². The van der Waals surface area contributed by atoms with Crippen molar-refractivity contribution in [3.63, 3.8) is 0 Å². The summed E-state index contributed by atoms with van der Waals surface area (Å²) < 4.78 is 0. The van der Waals surface area contributed by atoms with E-state index >= 15 is 0 Å². The smallest absolute Gasteiger partial charge is 0.225 e. The van der Waals surface area contributed by atoms with Crippen LogP contribution in [-0.4, -0.2) is 40.2 Å². The molecule has 1 atom stereocenters. The number of aromatic nitrogens is 3. The molecule has 3 heterocycles. The molecule has 0 aromatic carbocycles. The number of pyridine rings is 1. The van der Waals surface area contributed by atoms with Crippen molar-refractivity contribution in [1.82, 2.24) is 20.5 Å². The molecule has 6 nitrogen and oxygen atoms in total. The molecule has 0 radical (unpaired) electrons. The van der Waals surface area contributed by atoms with Crippen LogP contribution in [0.3, 0.4) is 0 Å². The minimum Gasteiger partial charge on any atom is -0.354 e. The van der Waals surface area contributed by atoms with Crippen LogP contribution >= 0.6 is 0 Å². The van der Waals surface area contributed by atoms with Gasteiger partial charge in [-0.2, -0.15) is 0 Å². The molecular weight excluding hydrogens is 350 g/mol. The van der Waals surface area contributed by atoms with Gasteiger partial charge in [-0.25, -0.2) is 0 Å². The average Bonchev–Trinajstić information content (AvgIpc) is 3.03. The second-order valence-corrected chi connectivity index (χ2v) is 8.00. The zero-order valence-electron chi connectivity index (χ0n) is 16.4. The molecule has 2 aromatic rings. The molecule has 1 saturated carbocycles. The number of hydrogen-bond donors (Lipinski definition) is 1. The second-order valence-electron chi connectivity index (χ2n) is 8.00. The standard InChI is InChI=1S/C22H29N5O/c28-22(24-19-9-3-1-2-4-10-19)18-8-6-14-27(16-18)21-12-11-20(25-26-21)17-7-5-13-23-15-17/h5,7,11-13,15,18-19H,1-4,6,8-10,14,16H2,(H,24,28). The lowest BCUT2D eigenvalue weighted by Crippen LogP contribution is -2.46. The zero-order chi connectivity index (χ0) is 19.2.